The highest BCUT2D eigenvalue weighted by atomic mass is 32.2. The second-order valence-corrected chi connectivity index (χ2v) is 10.6. The Kier molecular flexibility index (Phi) is 6.83. The van der Waals surface area contributed by atoms with E-state index >= 15 is 0 Å². The standard InChI is InChI=1S/C18H18N4O6S4/c1-3-21-13-7-5-11(31-28-27-23)9-15(13)29-17(21)19-20-18-22(4-2)14-8-6-12(32(24,25)26)10-16(14)30-18/h5-10,23H,3-4H2,1-2H3,(H,24,25,26)/p-2. The third-order valence-corrected chi connectivity index (χ3v) is 8.07. The number of benzene rings is 2. The first kappa shape index (κ1) is 23.1. The first-order chi connectivity index (χ1) is 15.4. The van der Waals surface area contributed by atoms with Crippen LogP contribution in [-0.2, 0) is 32.6 Å². The van der Waals surface area contributed by atoms with Crippen LogP contribution in [-0.4, -0.2) is 22.1 Å². The van der Waals surface area contributed by atoms with Crippen molar-refractivity contribution in [1.82, 2.24) is 9.13 Å². The van der Waals surface area contributed by atoms with E-state index in [1.54, 1.807) is 6.07 Å². The Balaban J connectivity index is 1.85. The van der Waals surface area contributed by atoms with Crippen LogP contribution in [0.15, 0.2) is 56.4 Å². The van der Waals surface area contributed by atoms with Gasteiger partial charge in [-0.05, 0) is 50.2 Å². The van der Waals surface area contributed by atoms with Crippen molar-refractivity contribution < 1.29 is 27.6 Å². The van der Waals surface area contributed by atoms with E-state index in [1.807, 2.05) is 41.2 Å². The lowest BCUT2D eigenvalue weighted by molar-refractivity contribution is -0.777. The van der Waals surface area contributed by atoms with Crippen molar-refractivity contribution in [2.24, 2.45) is 10.2 Å². The van der Waals surface area contributed by atoms with Crippen molar-refractivity contribution in [3.63, 3.8) is 0 Å². The molecule has 4 aromatic rings. The molecule has 0 spiro atoms. The van der Waals surface area contributed by atoms with Crippen LogP contribution in [0, 0.1) is 0 Å². The summed E-state index contributed by atoms with van der Waals surface area (Å²) in [6.07, 6.45) is 0. The van der Waals surface area contributed by atoms with Crippen LogP contribution in [0.5, 0.6) is 0 Å². The van der Waals surface area contributed by atoms with Gasteiger partial charge in [0, 0.05) is 18.0 Å². The monoisotopic (exact) mass is 512 g/mol. The SMILES string of the molecule is CCn1c(=NN=c2sc3cc(S(=O)(=O)[O-])ccc3n2CC)sc2cc(SOO[O-])ccc21. The zero-order valence-corrected chi connectivity index (χ0v) is 20.0. The highest BCUT2D eigenvalue weighted by molar-refractivity contribution is 7.94. The molecule has 4 rings (SSSR count). The summed E-state index contributed by atoms with van der Waals surface area (Å²) < 4.78 is 43.9. The molecule has 2 aromatic heterocycles. The average molecular weight is 513 g/mol. The first-order valence-corrected chi connectivity index (χ1v) is 13.1. The summed E-state index contributed by atoms with van der Waals surface area (Å²) in [7, 11) is -4.54. The van der Waals surface area contributed by atoms with Gasteiger partial charge >= 0.3 is 0 Å². The highest BCUT2D eigenvalue weighted by Gasteiger charge is 2.10. The molecule has 0 unspecified atom stereocenters. The quantitative estimate of drug-likeness (QED) is 0.161. The minimum atomic E-state index is -4.54. The first-order valence-electron chi connectivity index (χ1n) is 9.29. The van der Waals surface area contributed by atoms with E-state index in [2.05, 4.69) is 19.6 Å². The topological polar surface area (TPSA) is 133 Å². The van der Waals surface area contributed by atoms with Gasteiger partial charge in [-0.25, -0.2) is 8.42 Å². The van der Waals surface area contributed by atoms with Crippen LogP contribution in [0.4, 0.5) is 0 Å². The molecule has 0 aliphatic rings. The Morgan fingerprint density at radius 1 is 0.969 bits per heavy atom. The fourth-order valence-electron chi connectivity index (χ4n) is 3.22. The van der Waals surface area contributed by atoms with Gasteiger partial charge < -0.3 is 18.9 Å². The van der Waals surface area contributed by atoms with Gasteiger partial charge in [0.2, 0.25) is 9.60 Å². The molecule has 170 valence electrons. The summed E-state index contributed by atoms with van der Waals surface area (Å²) in [5, 5.41) is 22.3. The maximum atomic E-state index is 11.4. The van der Waals surface area contributed by atoms with Crippen molar-refractivity contribution in [1.29, 1.82) is 0 Å². The third-order valence-electron chi connectivity index (χ3n) is 4.61. The van der Waals surface area contributed by atoms with E-state index < -0.39 is 10.1 Å². The number of hydrogen-bond acceptors (Lipinski definition) is 11. The molecule has 0 aliphatic carbocycles. The second kappa shape index (κ2) is 9.44. The number of aryl methyl sites for hydroxylation is 2. The summed E-state index contributed by atoms with van der Waals surface area (Å²) in [6.45, 7) is 5.22. The van der Waals surface area contributed by atoms with Crippen molar-refractivity contribution >= 4 is 65.3 Å². The third kappa shape index (κ3) is 4.53. The van der Waals surface area contributed by atoms with E-state index in [4.69, 9.17) is 0 Å². The minimum Gasteiger partial charge on any atom is -0.744 e. The lowest BCUT2D eigenvalue weighted by Gasteiger charge is -2.06. The molecule has 0 radical (unpaired) electrons. The lowest BCUT2D eigenvalue weighted by atomic mass is 10.3. The van der Waals surface area contributed by atoms with Crippen LogP contribution >= 0.6 is 34.7 Å². The number of fused-ring (bicyclic) bond motifs is 2. The average Bonchev–Trinajstić information content (AvgIpc) is 3.31. The van der Waals surface area contributed by atoms with E-state index in [9.17, 15) is 18.2 Å². The molecule has 0 saturated heterocycles. The molecule has 0 amide bonds. The van der Waals surface area contributed by atoms with Crippen LogP contribution in [0.2, 0.25) is 0 Å². The number of rotatable bonds is 7. The van der Waals surface area contributed by atoms with E-state index in [-0.39, 0.29) is 4.90 Å². The Labute approximate surface area is 194 Å². The van der Waals surface area contributed by atoms with Gasteiger partial charge in [-0.2, -0.15) is 4.33 Å². The van der Waals surface area contributed by atoms with Gasteiger partial charge in [0.25, 0.3) is 0 Å². The minimum absolute atomic E-state index is 0.272. The second-order valence-electron chi connectivity index (χ2n) is 6.39. The highest BCUT2D eigenvalue weighted by Crippen LogP contribution is 2.26. The molecule has 0 aliphatic heterocycles. The molecular formula is C18H16N4O6S4-2. The molecule has 0 atom stereocenters. The van der Waals surface area contributed by atoms with Crippen LogP contribution < -0.4 is 14.9 Å². The van der Waals surface area contributed by atoms with Crippen molar-refractivity contribution in [3.05, 3.63) is 46.0 Å². The van der Waals surface area contributed by atoms with Crippen LogP contribution in [0.1, 0.15) is 13.8 Å². The lowest BCUT2D eigenvalue weighted by Crippen LogP contribution is -2.16. The number of aromatic nitrogens is 2. The zero-order chi connectivity index (χ0) is 22.9. The molecule has 32 heavy (non-hydrogen) atoms. The normalized spacial score (nSPS) is 13.6. The predicted molar refractivity (Wildman–Crippen MR) is 118 cm³/mol. The summed E-state index contributed by atoms with van der Waals surface area (Å²) in [4.78, 5) is 1.69. The number of nitrogens with zero attached hydrogens (tertiary/aromatic N) is 4. The van der Waals surface area contributed by atoms with Gasteiger partial charge in [-0.3, -0.25) is 5.04 Å². The molecule has 10 nitrogen and oxygen atoms in total. The van der Waals surface area contributed by atoms with Gasteiger partial charge in [0.15, 0.2) is 0 Å². The fourth-order valence-corrected chi connectivity index (χ4v) is 6.43. The Morgan fingerprint density at radius 2 is 1.53 bits per heavy atom. The van der Waals surface area contributed by atoms with Gasteiger partial charge in [0.05, 0.1) is 37.4 Å². The van der Waals surface area contributed by atoms with Crippen LogP contribution in [0.3, 0.4) is 0 Å². The molecule has 0 N–H and O–H groups in total. The van der Waals surface area contributed by atoms with Gasteiger partial charge in [-0.1, -0.05) is 22.7 Å². The maximum absolute atomic E-state index is 11.4. The molecule has 2 aromatic carbocycles. The molecule has 14 heteroatoms. The summed E-state index contributed by atoms with van der Waals surface area (Å²) in [5.41, 5.74) is 1.74. The maximum Gasteiger partial charge on any atom is 0.211 e. The number of hydrogen-bond donors (Lipinski definition) is 0. The number of thiazole rings is 2. The predicted octanol–water partition coefficient (Wildman–Crippen LogP) is 2.31. The Hall–Kier alpha value is -2.04. The largest absolute Gasteiger partial charge is 0.744 e. The van der Waals surface area contributed by atoms with Crippen molar-refractivity contribution in [3.8, 4) is 0 Å². The molecule has 2 heterocycles. The molecule has 0 saturated carbocycles. The van der Waals surface area contributed by atoms with Gasteiger partial charge in [0.1, 0.15) is 10.1 Å². The summed E-state index contributed by atoms with van der Waals surface area (Å²) in [6, 6.07) is 9.86. The van der Waals surface area contributed by atoms with Gasteiger partial charge in [-0.15, -0.1) is 10.2 Å². The molecular weight excluding hydrogens is 496 g/mol. The Bertz CT molecular complexity index is 1530. The van der Waals surface area contributed by atoms with Crippen molar-refractivity contribution in [2.75, 3.05) is 0 Å². The van der Waals surface area contributed by atoms with Crippen LogP contribution in [0.25, 0.3) is 20.4 Å². The summed E-state index contributed by atoms with van der Waals surface area (Å²) >= 11 is 3.51. The zero-order valence-electron chi connectivity index (χ0n) is 16.7. The van der Waals surface area contributed by atoms with E-state index in [0.717, 1.165) is 27.8 Å². The molecule has 0 bridgehead atoms. The summed E-state index contributed by atoms with van der Waals surface area (Å²) in [5.74, 6) is 0. The van der Waals surface area contributed by atoms with E-state index in [1.165, 1.54) is 34.8 Å². The molecule has 0 fully saturated rings. The Morgan fingerprint density at radius 3 is 2.06 bits per heavy atom. The van der Waals surface area contributed by atoms with E-state index in [0.29, 0.717) is 32.3 Å². The fraction of sp³-hybridized carbons (Fsp3) is 0.222. The van der Waals surface area contributed by atoms with Crippen molar-refractivity contribution in [2.45, 2.75) is 36.7 Å². The smallest absolute Gasteiger partial charge is 0.211 e.